The van der Waals surface area contributed by atoms with Crippen molar-refractivity contribution in [2.45, 2.75) is 32.7 Å². The van der Waals surface area contributed by atoms with Crippen LogP contribution in [-0.4, -0.2) is 30.6 Å². The molecule has 1 aliphatic carbocycles. The summed E-state index contributed by atoms with van der Waals surface area (Å²) in [4.78, 5) is 21.6. The Kier molecular flexibility index (Phi) is 4.85. The van der Waals surface area contributed by atoms with Crippen molar-refractivity contribution >= 4 is 38.7 Å². The van der Waals surface area contributed by atoms with E-state index < -0.39 is 21.3 Å². The fourth-order valence-corrected chi connectivity index (χ4v) is 5.22. The van der Waals surface area contributed by atoms with Crippen LogP contribution >= 0.6 is 21.3 Å². The third kappa shape index (κ3) is 3.62. The molecule has 3 aromatic rings. The number of aromatic nitrogens is 5. The van der Waals surface area contributed by atoms with Crippen molar-refractivity contribution in [2.75, 3.05) is 8.43 Å². The lowest BCUT2D eigenvalue weighted by Crippen LogP contribution is -2.16. The highest BCUT2D eigenvalue weighted by Gasteiger charge is 2.27. The lowest BCUT2D eigenvalue weighted by molar-refractivity contribution is 0.102. The predicted molar refractivity (Wildman–Crippen MR) is 121 cm³/mol. The number of amides is 1. The fourth-order valence-electron chi connectivity index (χ4n) is 3.11. The summed E-state index contributed by atoms with van der Waals surface area (Å²) >= 11 is -0.497. The average Bonchev–Trinajstić information content (AvgIpc) is 3.39. The quantitative estimate of drug-likeness (QED) is 0.399. The van der Waals surface area contributed by atoms with Gasteiger partial charge in [0.1, 0.15) is 44.8 Å². The Morgan fingerprint density at radius 3 is 2.87 bits per heavy atom. The zero-order chi connectivity index (χ0) is 20.7. The lowest BCUT2D eigenvalue weighted by Gasteiger charge is -2.15. The number of nitrogens with zero attached hydrogens (tertiary/aromatic N) is 7. The third-order valence-corrected chi connectivity index (χ3v) is 7.65. The number of carbonyl (C=O) groups is 1. The number of anilines is 2. The third-order valence-electron chi connectivity index (χ3n) is 4.99. The van der Waals surface area contributed by atoms with E-state index in [2.05, 4.69) is 31.7 Å². The molecule has 0 atom stereocenters. The van der Waals surface area contributed by atoms with Gasteiger partial charge in [-0.15, -0.1) is 10.2 Å². The topological polar surface area (TPSA) is 101 Å². The second kappa shape index (κ2) is 7.67. The average molecular weight is 514 g/mol. The van der Waals surface area contributed by atoms with Crippen LogP contribution in [0.25, 0.3) is 11.5 Å². The van der Waals surface area contributed by atoms with Gasteiger partial charge in [-0.25, -0.2) is 8.13 Å². The molecule has 1 saturated carbocycles. The first-order valence-electron chi connectivity index (χ1n) is 9.57. The predicted octanol–water partition coefficient (Wildman–Crippen LogP) is 4.46. The van der Waals surface area contributed by atoms with Crippen LogP contribution in [0.3, 0.4) is 0 Å². The first-order valence-corrected chi connectivity index (χ1v) is 11.5. The van der Waals surface area contributed by atoms with Gasteiger partial charge in [0, 0.05) is 17.9 Å². The number of carbonyl (C=O) groups excluding carboxylic acids is 1. The monoisotopic (exact) mass is 514 g/mol. The van der Waals surface area contributed by atoms with Crippen LogP contribution < -0.4 is 8.43 Å². The minimum atomic E-state index is -0.497. The van der Waals surface area contributed by atoms with Gasteiger partial charge in [-0.2, -0.15) is 0 Å². The van der Waals surface area contributed by atoms with Crippen molar-refractivity contribution in [3.8, 4) is 11.5 Å². The van der Waals surface area contributed by atoms with Crippen LogP contribution in [0.4, 0.5) is 11.5 Å². The van der Waals surface area contributed by atoms with Gasteiger partial charge >= 0.3 is 0 Å². The second-order valence-corrected chi connectivity index (χ2v) is 9.05. The Labute approximate surface area is 183 Å². The molecule has 3 aromatic heterocycles. The first-order chi connectivity index (χ1) is 14.6. The molecule has 1 aliphatic heterocycles. The number of rotatable bonds is 5. The molecule has 0 unspecified atom stereocenters. The van der Waals surface area contributed by atoms with Gasteiger partial charge in [-0.05, 0) is 51.0 Å². The van der Waals surface area contributed by atoms with Gasteiger partial charge in [0.05, 0.1) is 11.4 Å². The van der Waals surface area contributed by atoms with Gasteiger partial charge in [-0.3, -0.25) is 12.9 Å². The first kappa shape index (κ1) is 19.0. The molecule has 0 saturated heterocycles. The summed E-state index contributed by atoms with van der Waals surface area (Å²) in [5.41, 5.74) is 4.11. The van der Waals surface area contributed by atoms with Crippen LogP contribution in [0.5, 0.6) is 0 Å². The SMILES string of the molecule is CC1=C(C)N(c2ccnc(C(=O)Nc3cccc(-c4nncn4C4CC4)n3)c2)I=N1. The van der Waals surface area contributed by atoms with Crippen molar-refractivity contribution in [1.29, 1.82) is 0 Å². The molecule has 10 heteroatoms. The molecule has 2 aliphatic rings. The lowest BCUT2D eigenvalue weighted by atomic mass is 10.2. The molecule has 9 nitrogen and oxygen atoms in total. The molecule has 0 bridgehead atoms. The summed E-state index contributed by atoms with van der Waals surface area (Å²) in [5.74, 6) is 0.858. The van der Waals surface area contributed by atoms with Crippen LogP contribution in [0.15, 0.2) is 57.4 Å². The van der Waals surface area contributed by atoms with Crippen molar-refractivity contribution in [3.63, 3.8) is 0 Å². The van der Waals surface area contributed by atoms with Gasteiger partial charge in [0.2, 0.25) is 0 Å². The molecule has 1 N–H and O–H groups in total. The number of hydrogen-bond acceptors (Lipinski definition) is 7. The molecular weight excluding hydrogens is 495 g/mol. The zero-order valence-corrected chi connectivity index (χ0v) is 18.6. The molecule has 5 rings (SSSR count). The normalized spacial score (nSPS) is 16.0. The fraction of sp³-hybridized carbons (Fsp3) is 0.250. The number of pyridine rings is 2. The highest BCUT2D eigenvalue weighted by atomic mass is 127. The van der Waals surface area contributed by atoms with E-state index in [1.807, 2.05) is 36.6 Å². The summed E-state index contributed by atoms with van der Waals surface area (Å²) in [5, 5.41) is 11.1. The van der Waals surface area contributed by atoms with Gasteiger partial charge in [-0.1, -0.05) is 6.07 Å². The maximum Gasteiger partial charge on any atom is 0.275 e. The Hall–Kier alpha value is -3.02. The summed E-state index contributed by atoms with van der Waals surface area (Å²) < 4.78 is 8.75. The minimum Gasteiger partial charge on any atom is -0.309 e. The van der Waals surface area contributed by atoms with Gasteiger partial charge < -0.3 is 9.88 Å². The van der Waals surface area contributed by atoms with Gasteiger partial charge in [0.15, 0.2) is 5.82 Å². The van der Waals surface area contributed by atoms with Crippen LogP contribution in [0.2, 0.25) is 0 Å². The number of hydrogen-bond donors (Lipinski definition) is 1. The van der Waals surface area contributed by atoms with Crippen LogP contribution in [0.1, 0.15) is 43.2 Å². The molecule has 1 fully saturated rings. The molecule has 0 radical (unpaired) electrons. The van der Waals surface area contributed by atoms with Crippen LogP contribution in [0, 0.1) is 0 Å². The van der Waals surface area contributed by atoms with E-state index in [0.717, 1.165) is 29.9 Å². The van der Waals surface area contributed by atoms with E-state index in [0.29, 0.717) is 29.1 Å². The summed E-state index contributed by atoms with van der Waals surface area (Å²) in [7, 11) is 0. The Morgan fingerprint density at radius 1 is 1.23 bits per heavy atom. The van der Waals surface area contributed by atoms with E-state index in [4.69, 9.17) is 0 Å². The molecular formula is C20H19IN8O. The Morgan fingerprint density at radius 2 is 2.10 bits per heavy atom. The highest BCUT2D eigenvalue weighted by molar-refractivity contribution is 14.2. The molecule has 0 aromatic carbocycles. The van der Waals surface area contributed by atoms with Crippen molar-refractivity contribution in [3.05, 3.63) is 59.9 Å². The molecule has 152 valence electrons. The maximum atomic E-state index is 12.8. The molecule has 4 heterocycles. The minimum absolute atomic E-state index is 0.308. The van der Waals surface area contributed by atoms with E-state index in [1.165, 1.54) is 0 Å². The highest BCUT2D eigenvalue weighted by Crippen LogP contribution is 2.37. The maximum absolute atomic E-state index is 12.8. The van der Waals surface area contributed by atoms with Crippen molar-refractivity contribution in [2.24, 2.45) is 3.15 Å². The molecule has 0 spiro atoms. The van der Waals surface area contributed by atoms with E-state index in [1.54, 1.807) is 24.7 Å². The summed E-state index contributed by atoms with van der Waals surface area (Å²) in [6, 6.07) is 9.61. The standard InChI is InChI=1S/C20H19IN8O/c1-12-13(2)29(21-26-12)15-8-9-22-17(10-15)20(30)25-18-5-3-4-16(24-18)19-27-23-11-28(19)14-6-7-14/h3-5,8-11,14H,6-7H2,1-2H3,(H,24,25,30). The van der Waals surface area contributed by atoms with Crippen LogP contribution in [-0.2, 0) is 0 Å². The van der Waals surface area contributed by atoms with E-state index >= 15 is 0 Å². The number of allylic oxidation sites excluding steroid dienone is 2. The summed E-state index contributed by atoms with van der Waals surface area (Å²) in [6.45, 7) is 4.05. The van der Waals surface area contributed by atoms with Gasteiger partial charge in [0.25, 0.3) is 5.91 Å². The van der Waals surface area contributed by atoms with E-state index in [-0.39, 0.29) is 5.91 Å². The number of nitrogens with one attached hydrogen (secondary N) is 1. The Bertz CT molecular complexity index is 1200. The van der Waals surface area contributed by atoms with E-state index in [9.17, 15) is 4.79 Å². The largest absolute Gasteiger partial charge is 0.309 e. The molecule has 1 amide bonds. The van der Waals surface area contributed by atoms with Crippen molar-refractivity contribution in [1.82, 2.24) is 24.7 Å². The second-order valence-electron chi connectivity index (χ2n) is 7.17. The number of halogens is 1. The summed E-state index contributed by atoms with van der Waals surface area (Å²) in [6.07, 6.45) is 5.64. The molecule has 30 heavy (non-hydrogen) atoms. The smallest absolute Gasteiger partial charge is 0.275 e. The van der Waals surface area contributed by atoms with Crippen molar-refractivity contribution < 1.29 is 4.79 Å². The Balaban J connectivity index is 1.37. The zero-order valence-electron chi connectivity index (χ0n) is 16.4.